The van der Waals surface area contributed by atoms with Crippen molar-refractivity contribution in [1.82, 2.24) is 0 Å². The average molecular weight is 282 g/mol. The molecule has 1 aromatic heterocycles. The van der Waals surface area contributed by atoms with Crippen LogP contribution in [-0.2, 0) is 25.5 Å². The number of thiophene rings is 1. The molecule has 1 atom stereocenters. The molecule has 0 saturated carbocycles. The molecule has 0 radical (unpaired) electrons. The first-order valence-corrected chi connectivity index (χ1v) is 7.42. The summed E-state index contributed by atoms with van der Waals surface area (Å²) in [7, 11) is 0. The first kappa shape index (κ1) is 14.2. The van der Waals surface area contributed by atoms with Crippen molar-refractivity contribution in [3.63, 3.8) is 0 Å². The van der Waals surface area contributed by atoms with Crippen LogP contribution in [-0.4, -0.2) is 31.6 Å². The maximum atomic E-state index is 12.2. The van der Waals surface area contributed by atoms with Gasteiger partial charge in [-0.25, -0.2) is 0 Å². The summed E-state index contributed by atoms with van der Waals surface area (Å²) in [6.07, 6.45) is 1.45. The van der Waals surface area contributed by atoms with Gasteiger partial charge >= 0.3 is 5.97 Å². The van der Waals surface area contributed by atoms with Crippen molar-refractivity contribution in [3.8, 4) is 0 Å². The van der Waals surface area contributed by atoms with E-state index >= 15 is 0 Å². The first-order valence-electron chi connectivity index (χ1n) is 6.48. The molecule has 0 spiro atoms. The van der Waals surface area contributed by atoms with Crippen molar-refractivity contribution >= 4 is 23.1 Å². The van der Waals surface area contributed by atoms with Crippen LogP contribution < -0.4 is 0 Å². The molecule has 2 heterocycles. The monoisotopic (exact) mass is 282 g/mol. The fraction of sp³-hybridized carbons (Fsp3) is 0.571. The maximum Gasteiger partial charge on any atom is 0.322 e. The molecule has 1 fully saturated rings. The first-order chi connectivity index (χ1) is 9.19. The van der Waals surface area contributed by atoms with Gasteiger partial charge in [0.15, 0.2) is 5.78 Å². The fourth-order valence-corrected chi connectivity index (χ4v) is 2.98. The molecule has 1 aromatic rings. The third-order valence-corrected chi connectivity index (χ3v) is 4.17. The number of hydrogen-bond donors (Lipinski definition) is 0. The molecule has 0 amide bonds. The normalized spacial score (nSPS) is 23.3. The third-order valence-electron chi connectivity index (χ3n) is 3.44. The Bertz CT molecular complexity index is 440. The lowest BCUT2D eigenvalue weighted by Gasteiger charge is -2.33. The van der Waals surface area contributed by atoms with Gasteiger partial charge in [0.05, 0.1) is 19.8 Å². The van der Waals surface area contributed by atoms with Gasteiger partial charge < -0.3 is 9.47 Å². The Morgan fingerprint density at radius 3 is 3.05 bits per heavy atom. The van der Waals surface area contributed by atoms with Crippen molar-refractivity contribution in [2.45, 2.75) is 26.2 Å². The molecule has 1 aliphatic heterocycles. The number of Topliss-reactive ketones (excluding diaryl/α,β-unsaturated/α-hetero) is 1. The van der Waals surface area contributed by atoms with Gasteiger partial charge in [0.1, 0.15) is 5.41 Å². The zero-order valence-corrected chi connectivity index (χ0v) is 11.8. The Balaban J connectivity index is 2.13. The Morgan fingerprint density at radius 1 is 1.58 bits per heavy atom. The molecule has 1 saturated heterocycles. The molecule has 4 nitrogen and oxygen atoms in total. The third kappa shape index (κ3) is 3.04. The minimum absolute atomic E-state index is 0.0487. The number of ether oxygens (including phenoxy) is 2. The van der Waals surface area contributed by atoms with E-state index < -0.39 is 11.4 Å². The molecule has 0 aromatic carbocycles. The van der Waals surface area contributed by atoms with E-state index in [1.165, 1.54) is 0 Å². The molecule has 104 valence electrons. The number of rotatable bonds is 5. The highest BCUT2D eigenvalue weighted by Gasteiger charge is 2.48. The van der Waals surface area contributed by atoms with Gasteiger partial charge in [-0.1, -0.05) is 0 Å². The zero-order chi connectivity index (χ0) is 13.7. The second-order valence-electron chi connectivity index (χ2n) is 4.66. The number of carbonyl (C=O) groups excluding carboxylic acids is 2. The second-order valence-corrected chi connectivity index (χ2v) is 5.44. The Kier molecular flexibility index (Phi) is 4.71. The maximum absolute atomic E-state index is 12.2. The van der Waals surface area contributed by atoms with E-state index in [9.17, 15) is 9.59 Å². The minimum atomic E-state index is -1.10. The lowest BCUT2D eigenvalue weighted by molar-refractivity contribution is -0.169. The molecule has 1 unspecified atom stereocenters. The summed E-state index contributed by atoms with van der Waals surface area (Å²) >= 11 is 1.61. The molecule has 0 bridgehead atoms. The number of hydrogen-bond acceptors (Lipinski definition) is 5. The molecular formula is C14H18O4S. The Morgan fingerprint density at radius 2 is 2.42 bits per heavy atom. The van der Waals surface area contributed by atoms with Crippen LogP contribution in [0.3, 0.4) is 0 Å². The summed E-state index contributed by atoms with van der Waals surface area (Å²) in [5, 5.41) is 4.03. The molecule has 0 aliphatic carbocycles. The van der Waals surface area contributed by atoms with Crippen molar-refractivity contribution in [2.75, 3.05) is 19.8 Å². The summed E-state index contributed by atoms with van der Waals surface area (Å²) in [5.74, 6) is -0.484. The van der Waals surface area contributed by atoms with Crippen LogP contribution in [0.2, 0.25) is 0 Å². The largest absolute Gasteiger partial charge is 0.465 e. The van der Waals surface area contributed by atoms with E-state index in [-0.39, 0.29) is 19.0 Å². The van der Waals surface area contributed by atoms with E-state index in [0.717, 1.165) is 5.56 Å². The van der Waals surface area contributed by atoms with Crippen LogP contribution in [0.25, 0.3) is 0 Å². The van der Waals surface area contributed by atoms with E-state index in [1.807, 2.05) is 16.8 Å². The van der Waals surface area contributed by atoms with E-state index in [1.54, 1.807) is 18.3 Å². The average Bonchev–Trinajstić information content (AvgIpc) is 2.91. The summed E-state index contributed by atoms with van der Waals surface area (Å²) in [4.78, 5) is 24.4. The van der Waals surface area contributed by atoms with Crippen LogP contribution in [0.15, 0.2) is 16.8 Å². The lowest BCUT2D eigenvalue weighted by atomic mass is 9.76. The summed E-state index contributed by atoms with van der Waals surface area (Å²) in [6, 6.07) is 2.01. The van der Waals surface area contributed by atoms with E-state index in [4.69, 9.17) is 9.47 Å². The molecule has 0 N–H and O–H groups in total. The van der Waals surface area contributed by atoms with Crippen molar-refractivity contribution in [2.24, 2.45) is 5.41 Å². The molecule has 2 rings (SSSR count). The summed E-state index contributed by atoms with van der Waals surface area (Å²) in [5.41, 5.74) is 0.0444. The predicted octanol–water partition coefficient (Wildman–Crippen LogP) is 2.22. The Hall–Kier alpha value is -1.20. The Labute approximate surface area is 116 Å². The van der Waals surface area contributed by atoms with Gasteiger partial charge in [-0.05, 0) is 42.2 Å². The van der Waals surface area contributed by atoms with Gasteiger partial charge in [0.2, 0.25) is 0 Å². The number of carbonyl (C=O) groups is 2. The van der Waals surface area contributed by atoms with E-state index in [2.05, 4.69) is 0 Å². The molecule has 19 heavy (non-hydrogen) atoms. The van der Waals surface area contributed by atoms with Crippen molar-refractivity contribution in [1.29, 1.82) is 0 Å². The quantitative estimate of drug-likeness (QED) is 0.614. The van der Waals surface area contributed by atoms with E-state index in [0.29, 0.717) is 25.9 Å². The standard InChI is InChI=1S/C14H18O4S/c1-2-18-13(16)14(10-17-7-4-12(14)15)6-3-11-5-8-19-9-11/h5,8-9H,2-4,6-7,10H2,1H3. The highest BCUT2D eigenvalue weighted by atomic mass is 32.1. The van der Waals surface area contributed by atoms with Crippen LogP contribution in [0.1, 0.15) is 25.3 Å². The van der Waals surface area contributed by atoms with Crippen LogP contribution in [0.4, 0.5) is 0 Å². The minimum Gasteiger partial charge on any atom is -0.465 e. The molecule has 1 aliphatic rings. The zero-order valence-electron chi connectivity index (χ0n) is 11.0. The molecular weight excluding hydrogens is 264 g/mol. The van der Waals surface area contributed by atoms with Gasteiger partial charge in [-0.2, -0.15) is 11.3 Å². The summed E-state index contributed by atoms with van der Waals surface area (Å²) < 4.78 is 10.5. The van der Waals surface area contributed by atoms with Gasteiger partial charge in [0, 0.05) is 6.42 Å². The summed E-state index contributed by atoms with van der Waals surface area (Å²) in [6.45, 7) is 2.58. The number of ketones is 1. The fourth-order valence-electron chi connectivity index (χ4n) is 2.28. The van der Waals surface area contributed by atoms with Crippen molar-refractivity contribution in [3.05, 3.63) is 22.4 Å². The van der Waals surface area contributed by atoms with Gasteiger partial charge in [-0.15, -0.1) is 0 Å². The van der Waals surface area contributed by atoms with Crippen LogP contribution in [0.5, 0.6) is 0 Å². The van der Waals surface area contributed by atoms with Crippen LogP contribution >= 0.6 is 11.3 Å². The highest BCUT2D eigenvalue weighted by molar-refractivity contribution is 7.07. The molecule has 5 heteroatoms. The number of aryl methyl sites for hydroxylation is 1. The highest BCUT2D eigenvalue weighted by Crippen LogP contribution is 2.32. The van der Waals surface area contributed by atoms with Crippen molar-refractivity contribution < 1.29 is 19.1 Å². The van der Waals surface area contributed by atoms with Gasteiger partial charge in [-0.3, -0.25) is 9.59 Å². The lowest BCUT2D eigenvalue weighted by Crippen LogP contribution is -2.48. The smallest absolute Gasteiger partial charge is 0.322 e. The van der Waals surface area contributed by atoms with Gasteiger partial charge in [0.25, 0.3) is 0 Å². The van der Waals surface area contributed by atoms with Crippen LogP contribution in [0, 0.1) is 5.41 Å². The predicted molar refractivity (Wildman–Crippen MR) is 72.1 cm³/mol. The second kappa shape index (κ2) is 6.30. The SMILES string of the molecule is CCOC(=O)C1(CCc2ccsc2)COCCC1=O. The number of esters is 1. The topological polar surface area (TPSA) is 52.6 Å².